The van der Waals surface area contributed by atoms with Crippen molar-refractivity contribution in [3.05, 3.63) is 59.7 Å². The second-order valence-electron chi connectivity index (χ2n) is 5.49. The van der Waals surface area contributed by atoms with Gasteiger partial charge in [-0.3, -0.25) is 0 Å². The lowest BCUT2D eigenvalue weighted by Crippen LogP contribution is -2.31. The molecule has 0 aliphatic heterocycles. The van der Waals surface area contributed by atoms with Crippen molar-refractivity contribution in [3.63, 3.8) is 0 Å². The first-order valence-electron chi connectivity index (χ1n) is 7.94. The van der Waals surface area contributed by atoms with Crippen LogP contribution in [0.1, 0.15) is 11.1 Å². The molecule has 2 aromatic carbocycles. The van der Waals surface area contributed by atoms with E-state index in [0.717, 1.165) is 16.9 Å². The predicted molar refractivity (Wildman–Crippen MR) is 98.8 cm³/mol. The van der Waals surface area contributed by atoms with E-state index < -0.39 is 10.0 Å². The third-order valence-electron chi connectivity index (χ3n) is 3.52. The number of para-hydroxylation sites is 1. The molecule has 5 nitrogen and oxygen atoms in total. The van der Waals surface area contributed by atoms with E-state index in [0.29, 0.717) is 19.6 Å². The number of benzene rings is 2. The monoisotopic (exact) mass is 358 g/mol. The van der Waals surface area contributed by atoms with Gasteiger partial charge in [0.2, 0.25) is 10.0 Å². The van der Waals surface area contributed by atoms with Crippen molar-refractivity contribution in [2.45, 2.75) is 18.4 Å². The standard InChI is InChI=1S/C19H22N2O3S/c1-3-14-24-19-7-5-4-6-17(19)15-20-12-13-21-25(22,23)18-10-8-16(2)9-11-18/h1,4-11,20-21H,12-15H2,2H3. The highest BCUT2D eigenvalue weighted by molar-refractivity contribution is 7.89. The topological polar surface area (TPSA) is 67.4 Å². The first kappa shape index (κ1) is 19.0. The Balaban J connectivity index is 1.80. The van der Waals surface area contributed by atoms with Crippen LogP contribution in [0.25, 0.3) is 0 Å². The quantitative estimate of drug-likeness (QED) is 0.532. The average molecular weight is 358 g/mol. The summed E-state index contributed by atoms with van der Waals surface area (Å²) in [7, 11) is -3.48. The summed E-state index contributed by atoms with van der Waals surface area (Å²) >= 11 is 0. The Morgan fingerprint density at radius 1 is 1.08 bits per heavy atom. The van der Waals surface area contributed by atoms with E-state index in [2.05, 4.69) is 16.0 Å². The second-order valence-corrected chi connectivity index (χ2v) is 7.26. The fourth-order valence-electron chi connectivity index (χ4n) is 2.21. The molecule has 6 heteroatoms. The number of terminal acetylenes is 1. The zero-order valence-electron chi connectivity index (χ0n) is 14.2. The highest BCUT2D eigenvalue weighted by Crippen LogP contribution is 2.17. The van der Waals surface area contributed by atoms with E-state index in [9.17, 15) is 8.42 Å². The van der Waals surface area contributed by atoms with Crippen molar-refractivity contribution in [2.75, 3.05) is 19.7 Å². The smallest absolute Gasteiger partial charge is 0.240 e. The van der Waals surface area contributed by atoms with E-state index in [4.69, 9.17) is 11.2 Å². The van der Waals surface area contributed by atoms with Gasteiger partial charge in [0.05, 0.1) is 4.90 Å². The van der Waals surface area contributed by atoms with Crippen LogP contribution in [0.4, 0.5) is 0 Å². The molecule has 0 radical (unpaired) electrons. The van der Waals surface area contributed by atoms with Gasteiger partial charge >= 0.3 is 0 Å². The fraction of sp³-hybridized carbons (Fsp3) is 0.263. The summed E-state index contributed by atoms with van der Waals surface area (Å²) in [6.45, 7) is 3.48. The molecule has 2 aromatic rings. The minimum atomic E-state index is -3.48. The summed E-state index contributed by atoms with van der Waals surface area (Å²) in [6, 6.07) is 14.4. The normalized spacial score (nSPS) is 11.0. The maximum atomic E-state index is 12.2. The number of aryl methyl sites for hydroxylation is 1. The van der Waals surface area contributed by atoms with E-state index in [1.54, 1.807) is 24.3 Å². The van der Waals surface area contributed by atoms with Crippen LogP contribution in [0.2, 0.25) is 0 Å². The molecular weight excluding hydrogens is 336 g/mol. The van der Waals surface area contributed by atoms with Crippen LogP contribution in [0.5, 0.6) is 5.75 Å². The minimum absolute atomic E-state index is 0.216. The van der Waals surface area contributed by atoms with Gasteiger partial charge in [-0.15, -0.1) is 6.42 Å². The summed E-state index contributed by atoms with van der Waals surface area (Å²) < 4.78 is 32.4. The van der Waals surface area contributed by atoms with Gasteiger partial charge in [0, 0.05) is 25.2 Å². The SMILES string of the molecule is C#CCOc1ccccc1CNCCNS(=O)(=O)c1ccc(C)cc1. The molecule has 2 rings (SSSR count). The second kappa shape index (κ2) is 9.23. The largest absolute Gasteiger partial charge is 0.481 e. The van der Waals surface area contributed by atoms with Crippen LogP contribution in [-0.4, -0.2) is 28.1 Å². The van der Waals surface area contributed by atoms with Gasteiger partial charge in [-0.1, -0.05) is 41.8 Å². The lowest BCUT2D eigenvalue weighted by atomic mass is 10.2. The molecule has 132 valence electrons. The number of hydrogen-bond acceptors (Lipinski definition) is 4. The highest BCUT2D eigenvalue weighted by atomic mass is 32.2. The molecular formula is C19H22N2O3S. The molecule has 0 amide bonds. The third-order valence-corrected chi connectivity index (χ3v) is 5.00. The average Bonchev–Trinajstić information content (AvgIpc) is 2.61. The molecule has 0 atom stereocenters. The lowest BCUT2D eigenvalue weighted by molar-refractivity contribution is 0.365. The van der Waals surface area contributed by atoms with Crippen molar-refractivity contribution >= 4 is 10.0 Å². The number of rotatable bonds is 9. The van der Waals surface area contributed by atoms with Gasteiger partial charge in [0.25, 0.3) is 0 Å². The molecule has 25 heavy (non-hydrogen) atoms. The summed E-state index contributed by atoms with van der Waals surface area (Å²) in [6.07, 6.45) is 5.21. The van der Waals surface area contributed by atoms with Crippen molar-refractivity contribution in [1.82, 2.24) is 10.0 Å². The maximum absolute atomic E-state index is 12.2. The molecule has 0 aromatic heterocycles. The van der Waals surface area contributed by atoms with Gasteiger partial charge in [-0.25, -0.2) is 13.1 Å². The molecule has 0 saturated carbocycles. The Bertz CT molecular complexity index is 824. The summed E-state index contributed by atoms with van der Waals surface area (Å²) in [4.78, 5) is 0.270. The van der Waals surface area contributed by atoms with Crippen LogP contribution >= 0.6 is 0 Å². The fourth-order valence-corrected chi connectivity index (χ4v) is 3.24. The van der Waals surface area contributed by atoms with Crippen LogP contribution in [0, 0.1) is 19.3 Å². The Hall–Kier alpha value is -2.33. The Morgan fingerprint density at radius 2 is 1.80 bits per heavy atom. The molecule has 2 N–H and O–H groups in total. The summed E-state index contributed by atoms with van der Waals surface area (Å²) in [5, 5.41) is 3.19. The summed E-state index contributed by atoms with van der Waals surface area (Å²) in [5.74, 6) is 3.17. The molecule has 0 unspecified atom stereocenters. The Kier molecular flexibility index (Phi) is 7.02. The van der Waals surface area contributed by atoms with Gasteiger partial charge in [-0.2, -0.15) is 0 Å². The Labute approximate surface area is 149 Å². The molecule has 0 aliphatic rings. The van der Waals surface area contributed by atoms with Crippen LogP contribution < -0.4 is 14.8 Å². The van der Waals surface area contributed by atoms with Crippen molar-refractivity contribution in [1.29, 1.82) is 0 Å². The predicted octanol–water partition coefficient (Wildman–Crippen LogP) is 2.08. The van der Waals surface area contributed by atoms with E-state index in [-0.39, 0.29) is 11.5 Å². The number of hydrogen-bond donors (Lipinski definition) is 2. The molecule has 0 aliphatic carbocycles. The van der Waals surface area contributed by atoms with Crippen molar-refractivity contribution in [3.8, 4) is 18.1 Å². The summed E-state index contributed by atoms with van der Waals surface area (Å²) in [5.41, 5.74) is 1.99. The first-order valence-corrected chi connectivity index (χ1v) is 9.42. The third kappa shape index (κ3) is 5.91. The Morgan fingerprint density at radius 3 is 2.52 bits per heavy atom. The molecule has 0 heterocycles. The van der Waals surface area contributed by atoms with Crippen LogP contribution in [-0.2, 0) is 16.6 Å². The molecule has 0 saturated heterocycles. The van der Waals surface area contributed by atoms with Gasteiger partial charge in [-0.05, 0) is 25.1 Å². The lowest BCUT2D eigenvalue weighted by Gasteiger charge is -2.11. The van der Waals surface area contributed by atoms with Crippen LogP contribution in [0.3, 0.4) is 0 Å². The highest BCUT2D eigenvalue weighted by Gasteiger charge is 2.12. The van der Waals surface area contributed by atoms with Gasteiger partial charge < -0.3 is 10.1 Å². The molecule has 0 fully saturated rings. The number of ether oxygens (including phenoxy) is 1. The first-order chi connectivity index (χ1) is 12.0. The van der Waals surface area contributed by atoms with E-state index in [1.807, 2.05) is 31.2 Å². The number of sulfonamides is 1. The maximum Gasteiger partial charge on any atom is 0.240 e. The van der Waals surface area contributed by atoms with Gasteiger partial charge in [0.1, 0.15) is 12.4 Å². The van der Waals surface area contributed by atoms with E-state index >= 15 is 0 Å². The van der Waals surface area contributed by atoms with Crippen molar-refractivity contribution in [2.24, 2.45) is 0 Å². The zero-order chi connectivity index (χ0) is 18.1. The zero-order valence-corrected chi connectivity index (χ0v) is 15.0. The minimum Gasteiger partial charge on any atom is -0.481 e. The van der Waals surface area contributed by atoms with Crippen molar-refractivity contribution < 1.29 is 13.2 Å². The molecule has 0 spiro atoms. The number of nitrogens with one attached hydrogen (secondary N) is 2. The van der Waals surface area contributed by atoms with E-state index in [1.165, 1.54) is 0 Å². The van der Waals surface area contributed by atoms with Gasteiger partial charge in [0.15, 0.2) is 0 Å². The molecule has 0 bridgehead atoms. The van der Waals surface area contributed by atoms with Crippen LogP contribution in [0.15, 0.2) is 53.4 Å².